The summed E-state index contributed by atoms with van der Waals surface area (Å²) in [5.74, 6) is -0.533. The lowest BCUT2D eigenvalue weighted by Gasteiger charge is -2.36. The van der Waals surface area contributed by atoms with E-state index in [1.807, 2.05) is 48.6 Å². The second-order valence-electron chi connectivity index (χ2n) is 10.2. The zero-order chi connectivity index (χ0) is 28.3. The van der Waals surface area contributed by atoms with Crippen molar-refractivity contribution in [3.05, 3.63) is 84.1 Å². The van der Waals surface area contributed by atoms with E-state index in [0.717, 1.165) is 22.6 Å². The van der Waals surface area contributed by atoms with Gasteiger partial charge in [0, 0.05) is 15.4 Å². The summed E-state index contributed by atoms with van der Waals surface area (Å²) in [6.07, 6.45) is 6.31. The van der Waals surface area contributed by atoms with E-state index in [-0.39, 0.29) is 24.2 Å². The zero-order valence-corrected chi connectivity index (χ0v) is 26.2. The first-order valence-corrected chi connectivity index (χ1v) is 18.7. The Hall–Kier alpha value is -2.42. The molecule has 0 aliphatic heterocycles. The second kappa shape index (κ2) is 14.8. The van der Waals surface area contributed by atoms with Crippen LogP contribution in [-0.2, 0) is 23.5 Å². The number of benzene rings is 2. The molecule has 0 unspecified atom stereocenters. The van der Waals surface area contributed by atoms with Gasteiger partial charge < -0.3 is 13.9 Å². The molecule has 5 nitrogen and oxygen atoms in total. The van der Waals surface area contributed by atoms with Gasteiger partial charge in [-0.15, -0.1) is 23.5 Å². The number of thioether (sulfide) groups is 2. The molecule has 2 aromatic carbocycles. The van der Waals surface area contributed by atoms with Gasteiger partial charge in [-0.3, -0.25) is 9.59 Å². The third-order valence-electron chi connectivity index (χ3n) is 6.01. The van der Waals surface area contributed by atoms with Gasteiger partial charge in [0.15, 0.2) is 5.41 Å². The molecule has 0 radical (unpaired) electrons. The quantitative estimate of drug-likeness (QED) is 0.0728. The number of carbonyl (C=O) groups excluding carboxylic acids is 2. The lowest BCUT2D eigenvalue weighted by atomic mass is 9.73. The molecule has 3 rings (SSSR count). The highest BCUT2D eigenvalue weighted by atomic mass is 32.2. The lowest BCUT2D eigenvalue weighted by Crippen LogP contribution is -2.46. The van der Waals surface area contributed by atoms with E-state index in [4.69, 9.17) is 13.9 Å². The largest absolute Gasteiger partial charge is 0.544 e. The second-order valence-corrected chi connectivity index (χ2v) is 17.4. The maximum absolute atomic E-state index is 13.9. The van der Waals surface area contributed by atoms with Crippen LogP contribution in [0.4, 0.5) is 0 Å². The third kappa shape index (κ3) is 8.78. The molecule has 2 aromatic rings. The van der Waals surface area contributed by atoms with Crippen LogP contribution in [0, 0.1) is 5.41 Å². The van der Waals surface area contributed by atoms with Gasteiger partial charge in [-0.05, 0) is 89.5 Å². The molecule has 0 aromatic heterocycles. The lowest BCUT2D eigenvalue weighted by molar-refractivity contribution is -0.169. The Morgan fingerprint density at radius 3 is 1.77 bits per heavy atom. The maximum Gasteiger partial charge on any atom is 0.328 e. The Morgan fingerprint density at radius 2 is 1.31 bits per heavy atom. The molecule has 0 spiro atoms. The predicted octanol–water partition coefficient (Wildman–Crippen LogP) is 8.25. The molecule has 0 bridgehead atoms. The third-order valence-corrected chi connectivity index (χ3v) is 9.51. The van der Waals surface area contributed by atoms with E-state index in [1.165, 1.54) is 0 Å². The van der Waals surface area contributed by atoms with Crippen molar-refractivity contribution in [2.24, 2.45) is 5.41 Å². The molecule has 0 heterocycles. The fraction of sp³-hybridized carbons (Fsp3) is 0.419. The van der Waals surface area contributed by atoms with Gasteiger partial charge in [-0.2, -0.15) is 0 Å². The first kappa shape index (κ1) is 31.1. The van der Waals surface area contributed by atoms with Gasteiger partial charge in [-0.1, -0.05) is 42.5 Å². The van der Waals surface area contributed by atoms with Crippen molar-refractivity contribution >= 4 is 43.8 Å². The van der Waals surface area contributed by atoms with Crippen molar-refractivity contribution < 1.29 is 23.5 Å². The molecule has 0 N–H and O–H groups in total. The van der Waals surface area contributed by atoms with Crippen molar-refractivity contribution in [1.82, 2.24) is 0 Å². The predicted molar refractivity (Wildman–Crippen MR) is 163 cm³/mol. The van der Waals surface area contributed by atoms with E-state index in [9.17, 15) is 9.59 Å². The Kier molecular flexibility index (Phi) is 11.8. The van der Waals surface area contributed by atoms with Crippen molar-refractivity contribution in [3.63, 3.8) is 0 Å². The molecule has 39 heavy (non-hydrogen) atoms. The Bertz CT molecular complexity index is 1080. The average Bonchev–Trinajstić information content (AvgIpc) is 2.90. The highest BCUT2D eigenvalue weighted by molar-refractivity contribution is 8.17. The van der Waals surface area contributed by atoms with Crippen LogP contribution in [0.15, 0.2) is 93.9 Å². The van der Waals surface area contributed by atoms with Crippen LogP contribution in [0.2, 0.25) is 19.6 Å². The molecule has 0 atom stereocenters. The summed E-state index contributed by atoms with van der Waals surface area (Å²) < 4.78 is 17.7. The van der Waals surface area contributed by atoms with E-state index < -0.39 is 25.7 Å². The highest BCUT2D eigenvalue weighted by Gasteiger charge is 2.54. The number of rotatable bonds is 14. The SMILES string of the molecule is CCOC(=O)C(CCC(Sc1ccccc1)Sc1ccccc1)(C(=O)OCC)C1=CCCC=C1O[Si](C)(C)C. The van der Waals surface area contributed by atoms with Gasteiger partial charge in [0.1, 0.15) is 5.76 Å². The minimum atomic E-state index is -2.04. The highest BCUT2D eigenvalue weighted by Crippen LogP contribution is 2.47. The van der Waals surface area contributed by atoms with Gasteiger partial charge in [-0.25, -0.2) is 0 Å². The molecular weight excluding hydrogens is 545 g/mol. The van der Waals surface area contributed by atoms with Gasteiger partial charge in [0.25, 0.3) is 0 Å². The fourth-order valence-corrected chi connectivity index (χ4v) is 7.81. The molecular formula is C31H40O5S2Si. The maximum atomic E-state index is 13.9. The summed E-state index contributed by atoms with van der Waals surface area (Å²) in [4.78, 5) is 30.0. The first-order chi connectivity index (χ1) is 18.7. The summed E-state index contributed by atoms with van der Waals surface area (Å²) in [6, 6.07) is 20.4. The normalized spacial score (nSPS) is 13.9. The Morgan fingerprint density at radius 1 is 0.821 bits per heavy atom. The van der Waals surface area contributed by atoms with E-state index in [2.05, 4.69) is 43.9 Å². The number of esters is 2. The molecule has 0 saturated carbocycles. The van der Waals surface area contributed by atoms with Crippen LogP contribution in [0.5, 0.6) is 0 Å². The van der Waals surface area contributed by atoms with E-state index in [0.29, 0.717) is 17.8 Å². The minimum absolute atomic E-state index is 0.0348. The monoisotopic (exact) mass is 584 g/mol. The van der Waals surface area contributed by atoms with Crippen molar-refractivity contribution in [2.45, 2.75) is 73.5 Å². The molecule has 0 fully saturated rings. The smallest absolute Gasteiger partial charge is 0.328 e. The van der Waals surface area contributed by atoms with E-state index >= 15 is 0 Å². The van der Waals surface area contributed by atoms with Crippen molar-refractivity contribution in [3.8, 4) is 0 Å². The standard InChI is InChI=1S/C31H40O5S2Si/c1-6-34-29(32)31(30(33)35-7-2,26-20-14-15-21-27(26)36-39(3,4)5)23-22-28(37-24-16-10-8-11-17-24)38-25-18-12-9-13-19-25/h8-13,16-21,28H,6-7,14-15,22-23H2,1-5H3. The van der Waals surface area contributed by atoms with Crippen LogP contribution in [0.25, 0.3) is 0 Å². The summed E-state index contributed by atoms with van der Waals surface area (Å²) in [6.45, 7) is 10.2. The number of carbonyl (C=O) groups is 2. The molecule has 1 aliphatic carbocycles. The van der Waals surface area contributed by atoms with Crippen LogP contribution in [0.1, 0.15) is 39.5 Å². The van der Waals surface area contributed by atoms with Crippen molar-refractivity contribution in [1.29, 1.82) is 0 Å². The molecule has 1 aliphatic rings. The van der Waals surface area contributed by atoms with Crippen LogP contribution in [0.3, 0.4) is 0 Å². The summed E-state index contributed by atoms with van der Waals surface area (Å²) >= 11 is 3.46. The number of hydrogen-bond donors (Lipinski definition) is 0. The molecule has 0 saturated heterocycles. The molecule has 0 amide bonds. The van der Waals surface area contributed by atoms with Crippen LogP contribution < -0.4 is 0 Å². The summed E-state index contributed by atoms with van der Waals surface area (Å²) in [5.41, 5.74) is -1.02. The Labute approximate surface area is 242 Å². The number of hydrogen-bond acceptors (Lipinski definition) is 7. The summed E-state index contributed by atoms with van der Waals surface area (Å²) in [5, 5.41) is 0. The zero-order valence-electron chi connectivity index (χ0n) is 23.6. The minimum Gasteiger partial charge on any atom is -0.544 e. The molecule has 210 valence electrons. The average molecular weight is 585 g/mol. The van der Waals surface area contributed by atoms with Gasteiger partial charge in [0.05, 0.1) is 17.8 Å². The topological polar surface area (TPSA) is 61.8 Å². The first-order valence-electron chi connectivity index (χ1n) is 13.6. The van der Waals surface area contributed by atoms with Crippen LogP contribution >= 0.6 is 23.5 Å². The fourth-order valence-electron chi connectivity index (χ4n) is 4.39. The Balaban J connectivity index is 2.04. The van der Waals surface area contributed by atoms with Crippen molar-refractivity contribution in [2.75, 3.05) is 13.2 Å². The van der Waals surface area contributed by atoms with Crippen LogP contribution in [-0.4, -0.2) is 38.1 Å². The summed E-state index contributed by atoms with van der Waals surface area (Å²) in [7, 11) is -2.04. The van der Waals surface area contributed by atoms with Gasteiger partial charge in [0.2, 0.25) is 8.32 Å². The number of ether oxygens (including phenoxy) is 2. The van der Waals surface area contributed by atoms with E-state index in [1.54, 1.807) is 37.4 Å². The van der Waals surface area contributed by atoms with Gasteiger partial charge >= 0.3 is 11.9 Å². The number of allylic oxidation sites excluding steroid dienone is 3. The molecule has 8 heteroatoms.